The Bertz CT molecular complexity index is 1510. The topological polar surface area (TPSA) is 95.9 Å². The molecule has 1 saturated carbocycles. The monoisotopic (exact) mass is 656 g/mol. The van der Waals surface area contributed by atoms with Crippen molar-refractivity contribution in [2.45, 2.75) is 95.8 Å². The van der Waals surface area contributed by atoms with Gasteiger partial charge >= 0.3 is 0 Å². The van der Waals surface area contributed by atoms with Gasteiger partial charge in [-0.15, -0.1) is 0 Å². The Kier molecular flexibility index (Phi) is 10.6. The molecule has 1 amide bonds. The number of sulfonamides is 1. The highest BCUT2D eigenvalue weighted by molar-refractivity contribution is 7.90. The molecule has 5 rings (SSSR count). The quantitative estimate of drug-likeness (QED) is 0.324. The molecule has 246 valence electrons. The number of anilines is 1. The summed E-state index contributed by atoms with van der Waals surface area (Å²) >= 11 is 6.44. The third kappa shape index (κ3) is 7.39. The molecule has 3 aliphatic rings. The first kappa shape index (κ1) is 33.8. The zero-order chi connectivity index (χ0) is 32.4. The van der Waals surface area contributed by atoms with E-state index in [1.165, 1.54) is 11.1 Å². The van der Waals surface area contributed by atoms with E-state index in [9.17, 15) is 18.3 Å². The third-order valence-electron chi connectivity index (χ3n) is 10.2. The number of benzene rings is 2. The number of hydrogen-bond acceptors (Lipinski definition) is 6. The second-order valence-electron chi connectivity index (χ2n) is 13.8. The summed E-state index contributed by atoms with van der Waals surface area (Å²) in [7, 11) is -3.95. The Morgan fingerprint density at radius 3 is 2.64 bits per heavy atom. The standard InChI is InChI=1S/C36H49ClN2O5S/c1-5-7-12-34-24(3)10-8-11-32(40)29-16-13-27(29)21-39-22-36(4,30-17-15-28(37)19-25(30)9-6-2)23-44-33-18-14-26(20-31(33)39)35(41)38-45(34,42)43/h8,11,14-15,17-20,24,27,29,32,34,40H,5-7,9-10,12-13,16,21-23H2,1-4H3,(H,38,41)/b11-8+/t24-,27?,29?,32?,34?,36?/m1/s1. The van der Waals surface area contributed by atoms with Gasteiger partial charge in [-0.2, -0.15) is 0 Å². The van der Waals surface area contributed by atoms with Crippen molar-refractivity contribution in [3.63, 3.8) is 0 Å². The van der Waals surface area contributed by atoms with E-state index >= 15 is 0 Å². The van der Waals surface area contributed by atoms with Gasteiger partial charge in [-0.05, 0) is 91.3 Å². The van der Waals surface area contributed by atoms with Gasteiger partial charge in [0.2, 0.25) is 10.0 Å². The number of aliphatic hydroxyl groups excluding tert-OH is 1. The molecule has 9 heteroatoms. The predicted molar refractivity (Wildman–Crippen MR) is 182 cm³/mol. The lowest BCUT2D eigenvalue weighted by atomic mass is 9.70. The number of carbonyl (C=O) groups is 1. The van der Waals surface area contributed by atoms with Gasteiger partial charge in [-0.1, -0.05) is 76.8 Å². The van der Waals surface area contributed by atoms with Gasteiger partial charge < -0.3 is 14.7 Å². The van der Waals surface area contributed by atoms with E-state index in [2.05, 4.69) is 35.6 Å². The van der Waals surface area contributed by atoms with Crippen LogP contribution >= 0.6 is 11.6 Å². The number of carbonyl (C=O) groups excluding carboxylic acids is 1. The maximum absolute atomic E-state index is 13.6. The average molecular weight is 657 g/mol. The van der Waals surface area contributed by atoms with E-state index in [-0.39, 0.29) is 28.7 Å². The van der Waals surface area contributed by atoms with Gasteiger partial charge in [-0.3, -0.25) is 4.79 Å². The summed E-state index contributed by atoms with van der Waals surface area (Å²) < 4.78 is 36.2. The molecule has 45 heavy (non-hydrogen) atoms. The van der Waals surface area contributed by atoms with Crippen LogP contribution in [0, 0.1) is 17.8 Å². The molecular formula is C36H49ClN2O5S. The minimum atomic E-state index is -3.95. The summed E-state index contributed by atoms with van der Waals surface area (Å²) in [5.74, 6) is 0.202. The van der Waals surface area contributed by atoms with Crippen molar-refractivity contribution in [1.82, 2.24) is 4.72 Å². The molecule has 2 aromatic carbocycles. The van der Waals surface area contributed by atoms with E-state index in [0.717, 1.165) is 44.2 Å². The van der Waals surface area contributed by atoms with Crippen molar-refractivity contribution in [2.75, 3.05) is 24.6 Å². The third-order valence-corrected chi connectivity index (χ3v) is 12.4. The lowest BCUT2D eigenvalue weighted by Crippen LogP contribution is -2.47. The Morgan fingerprint density at radius 1 is 1.13 bits per heavy atom. The number of hydrogen-bond donors (Lipinski definition) is 2. The first-order valence-corrected chi connectivity index (χ1v) is 18.6. The fourth-order valence-electron chi connectivity index (χ4n) is 7.47. The second-order valence-corrected chi connectivity index (χ2v) is 16.1. The molecule has 0 radical (unpaired) electrons. The van der Waals surface area contributed by atoms with Crippen molar-refractivity contribution in [3.05, 3.63) is 70.3 Å². The number of amides is 1. The van der Waals surface area contributed by atoms with Crippen molar-refractivity contribution in [3.8, 4) is 5.75 Å². The number of ether oxygens (including phenoxy) is 1. The predicted octanol–water partition coefficient (Wildman–Crippen LogP) is 7.05. The number of fused-ring (bicyclic) bond motifs is 2. The minimum absolute atomic E-state index is 0.112. The summed E-state index contributed by atoms with van der Waals surface area (Å²) in [4.78, 5) is 15.9. The fourth-order valence-corrected chi connectivity index (χ4v) is 9.39. The highest BCUT2D eigenvalue weighted by Crippen LogP contribution is 2.44. The van der Waals surface area contributed by atoms with E-state index < -0.39 is 27.3 Å². The van der Waals surface area contributed by atoms with Crippen LogP contribution in [-0.4, -0.2) is 50.5 Å². The molecule has 0 spiro atoms. The average Bonchev–Trinajstić information content (AvgIpc) is 3.11. The van der Waals surface area contributed by atoms with E-state index in [4.69, 9.17) is 16.3 Å². The molecule has 0 aromatic heterocycles. The second kappa shape index (κ2) is 14.1. The molecule has 0 saturated heterocycles. The smallest absolute Gasteiger partial charge is 0.264 e. The summed E-state index contributed by atoms with van der Waals surface area (Å²) in [6.45, 7) is 10.1. The zero-order valence-electron chi connectivity index (χ0n) is 27.1. The maximum Gasteiger partial charge on any atom is 0.264 e. The molecule has 7 nitrogen and oxygen atoms in total. The van der Waals surface area contributed by atoms with Crippen LogP contribution in [-0.2, 0) is 21.9 Å². The maximum atomic E-state index is 13.6. The zero-order valence-corrected chi connectivity index (χ0v) is 28.7. The van der Waals surface area contributed by atoms with Gasteiger partial charge in [0, 0.05) is 29.1 Å². The summed E-state index contributed by atoms with van der Waals surface area (Å²) in [6.07, 6.45) is 9.62. The number of aliphatic hydroxyl groups is 1. The number of allylic oxidation sites excluding steroid dienone is 1. The van der Waals surface area contributed by atoms with Crippen LogP contribution < -0.4 is 14.4 Å². The van der Waals surface area contributed by atoms with Crippen LogP contribution in [0.3, 0.4) is 0 Å². The molecular weight excluding hydrogens is 608 g/mol. The minimum Gasteiger partial charge on any atom is -0.490 e. The Morgan fingerprint density at radius 2 is 1.93 bits per heavy atom. The highest BCUT2D eigenvalue weighted by atomic mass is 35.5. The van der Waals surface area contributed by atoms with Gasteiger partial charge in [0.1, 0.15) is 5.75 Å². The van der Waals surface area contributed by atoms with Crippen molar-refractivity contribution < 1.29 is 23.1 Å². The van der Waals surface area contributed by atoms with Gasteiger partial charge in [0.15, 0.2) is 0 Å². The van der Waals surface area contributed by atoms with Crippen molar-refractivity contribution in [2.24, 2.45) is 17.8 Å². The molecule has 2 N–H and O–H groups in total. The molecule has 6 atom stereocenters. The number of halogens is 1. The largest absolute Gasteiger partial charge is 0.490 e. The number of aryl methyl sites for hydroxylation is 1. The highest BCUT2D eigenvalue weighted by Gasteiger charge is 2.41. The Hall–Kier alpha value is -2.55. The lowest BCUT2D eigenvalue weighted by Gasteiger charge is -2.44. The Labute approximate surface area is 274 Å². The SMILES string of the molecule is CCCCC1[C@H](C)C/C=C/C(O)C2CCC2CN2CC(C)(c3ccc(Cl)cc3CCC)COc3ccc(cc32)C(=O)NS1(=O)=O. The molecule has 1 fully saturated rings. The number of unbranched alkanes of at least 4 members (excludes halogenated alkanes) is 1. The molecule has 2 bridgehead atoms. The first-order chi connectivity index (χ1) is 21.5. The van der Waals surface area contributed by atoms with Crippen molar-refractivity contribution in [1.29, 1.82) is 0 Å². The van der Waals surface area contributed by atoms with Crippen LogP contribution in [0.1, 0.15) is 94.1 Å². The normalized spacial score (nSPS) is 30.7. The number of rotatable bonds is 6. The van der Waals surface area contributed by atoms with Crippen LogP contribution in [0.25, 0.3) is 0 Å². The molecule has 2 heterocycles. The van der Waals surface area contributed by atoms with E-state index in [0.29, 0.717) is 43.3 Å². The summed E-state index contributed by atoms with van der Waals surface area (Å²) in [5, 5.41) is 11.2. The molecule has 2 aliphatic heterocycles. The number of nitrogens with zero attached hydrogens (tertiary/aromatic N) is 1. The van der Waals surface area contributed by atoms with E-state index in [1.54, 1.807) is 18.2 Å². The van der Waals surface area contributed by atoms with Crippen LogP contribution in [0.5, 0.6) is 5.75 Å². The fraction of sp³-hybridized carbons (Fsp3) is 0.583. The molecule has 5 unspecified atom stereocenters. The van der Waals surface area contributed by atoms with Crippen molar-refractivity contribution >= 4 is 33.2 Å². The van der Waals surface area contributed by atoms with Gasteiger partial charge in [0.05, 0.1) is 23.6 Å². The van der Waals surface area contributed by atoms with E-state index in [1.807, 2.05) is 32.1 Å². The number of nitrogens with one attached hydrogen (secondary N) is 1. The Balaban J connectivity index is 1.57. The van der Waals surface area contributed by atoms with Gasteiger partial charge in [0.25, 0.3) is 5.91 Å². The van der Waals surface area contributed by atoms with Crippen LogP contribution in [0.2, 0.25) is 5.02 Å². The molecule has 2 aromatic rings. The summed E-state index contributed by atoms with van der Waals surface area (Å²) in [5.41, 5.74) is 3.07. The van der Waals surface area contributed by atoms with Crippen LogP contribution in [0.4, 0.5) is 5.69 Å². The molecule has 1 aliphatic carbocycles. The van der Waals surface area contributed by atoms with Gasteiger partial charge in [-0.25, -0.2) is 13.1 Å². The first-order valence-electron chi connectivity index (χ1n) is 16.7. The van der Waals surface area contributed by atoms with Crippen LogP contribution in [0.15, 0.2) is 48.6 Å². The summed E-state index contributed by atoms with van der Waals surface area (Å²) in [6, 6.07) is 11.3. The lowest BCUT2D eigenvalue weighted by molar-refractivity contribution is 0.0457.